The highest BCUT2D eigenvalue weighted by molar-refractivity contribution is 7.18. The van der Waals surface area contributed by atoms with Crippen molar-refractivity contribution < 1.29 is 33.8 Å². The summed E-state index contributed by atoms with van der Waals surface area (Å²) in [6.45, 7) is 5.15. The van der Waals surface area contributed by atoms with Crippen molar-refractivity contribution in [3.8, 4) is 0 Å². The Morgan fingerprint density at radius 2 is 1.64 bits per heavy atom. The molecule has 1 N–H and O–H groups in total. The van der Waals surface area contributed by atoms with Gasteiger partial charge in [-0.05, 0) is 39.2 Å². The number of amides is 1. The lowest BCUT2D eigenvalue weighted by Crippen LogP contribution is -2.41. The molecular weight excluding hydrogens is 386 g/mol. The molecule has 1 heterocycles. The van der Waals surface area contributed by atoms with E-state index in [-0.39, 0.29) is 41.5 Å². The number of carbonyl (C=O) groups excluding carboxylic acids is 4. The number of carboxylic acids is 1. The van der Waals surface area contributed by atoms with Gasteiger partial charge in [0.15, 0.2) is 0 Å². The van der Waals surface area contributed by atoms with E-state index in [9.17, 15) is 24.3 Å². The van der Waals surface area contributed by atoms with Crippen LogP contribution >= 0.6 is 11.3 Å². The lowest BCUT2D eigenvalue weighted by Gasteiger charge is -2.28. The minimum atomic E-state index is -1.30. The van der Waals surface area contributed by atoms with E-state index >= 15 is 0 Å². The van der Waals surface area contributed by atoms with Crippen molar-refractivity contribution in [1.82, 2.24) is 0 Å². The second-order valence-corrected chi connectivity index (χ2v) is 7.19. The maximum absolute atomic E-state index is 12.7. The Bertz CT molecular complexity index is 811. The molecule has 0 aliphatic heterocycles. The van der Waals surface area contributed by atoms with Gasteiger partial charge in [-0.2, -0.15) is 0 Å². The van der Waals surface area contributed by atoms with E-state index in [1.165, 1.54) is 0 Å². The van der Waals surface area contributed by atoms with E-state index in [0.717, 1.165) is 11.3 Å². The van der Waals surface area contributed by atoms with Crippen molar-refractivity contribution in [2.75, 3.05) is 18.5 Å². The van der Waals surface area contributed by atoms with Crippen LogP contribution in [0.3, 0.4) is 0 Å². The number of nitrogens with one attached hydrogen (secondary N) is 1. The fourth-order valence-corrected chi connectivity index (χ4v) is 4.10. The van der Waals surface area contributed by atoms with Gasteiger partial charge in [-0.3, -0.25) is 4.79 Å². The molecule has 0 bridgehead atoms. The van der Waals surface area contributed by atoms with Gasteiger partial charge in [0.05, 0.1) is 24.7 Å². The maximum Gasteiger partial charge on any atom is 0.348 e. The molecule has 0 fully saturated rings. The van der Waals surface area contributed by atoms with Gasteiger partial charge >= 0.3 is 11.9 Å². The van der Waals surface area contributed by atoms with Crippen LogP contribution in [0.15, 0.2) is 12.2 Å². The molecule has 1 amide bonds. The van der Waals surface area contributed by atoms with E-state index in [4.69, 9.17) is 9.47 Å². The lowest BCUT2D eigenvalue weighted by atomic mass is 9.82. The van der Waals surface area contributed by atoms with Crippen LogP contribution in [-0.2, 0) is 19.1 Å². The minimum absolute atomic E-state index is 0.0691. The SMILES string of the molecule is CCOC(=O)c1sc(NC(=O)[C@H]2CC=CC[C@H]2C(=O)[O-])c(C(=O)OCC)c1C. The molecule has 0 saturated heterocycles. The molecule has 0 radical (unpaired) electrons. The number of thiophene rings is 1. The summed E-state index contributed by atoms with van der Waals surface area (Å²) in [6.07, 6.45) is 3.87. The Labute approximate surface area is 166 Å². The summed E-state index contributed by atoms with van der Waals surface area (Å²) in [5, 5.41) is 14.1. The van der Waals surface area contributed by atoms with Gasteiger partial charge in [0.25, 0.3) is 0 Å². The molecule has 8 nitrogen and oxygen atoms in total. The monoisotopic (exact) mass is 408 g/mol. The molecule has 0 spiro atoms. The number of hydrogen-bond donors (Lipinski definition) is 1. The molecule has 9 heteroatoms. The number of carbonyl (C=O) groups is 4. The fourth-order valence-electron chi connectivity index (χ4n) is 3.01. The van der Waals surface area contributed by atoms with E-state index in [2.05, 4.69) is 5.32 Å². The number of hydrogen-bond acceptors (Lipinski definition) is 8. The zero-order valence-corrected chi connectivity index (χ0v) is 16.7. The summed E-state index contributed by atoms with van der Waals surface area (Å²) in [5.74, 6) is -4.93. The van der Waals surface area contributed by atoms with Gasteiger partial charge < -0.3 is 24.7 Å². The maximum atomic E-state index is 12.7. The first-order chi connectivity index (χ1) is 13.3. The van der Waals surface area contributed by atoms with Crippen molar-refractivity contribution in [2.45, 2.75) is 33.6 Å². The predicted octanol–water partition coefficient (Wildman–Crippen LogP) is 1.68. The van der Waals surface area contributed by atoms with Crippen LogP contribution < -0.4 is 10.4 Å². The first-order valence-corrected chi connectivity index (χ1v) is 9.77. The van der Waals surface area contributed by atoms with E-state index < -0.39 is 35.7 Å². The second-order valence-electron chi connectivity index (χ2n) is 6.17. The number of rotatable bonds is 7. The molecule has 152 valence electrons. The van der Waals surface area contributed by atoms with Crippen molar-refractivity contribution in [2.24, 2.45) is 11.8 Å². The molecule has 1 aromatic rings. The zero-order valence-electron chi connectivity index (χ0n) is 15.9. The van der Waals surface area contributed by atoms with Gasteiger partial charge in [0, 0.05) is 11.9 Å². The third-order valence-corrected chi connectivity index (χ3v) is 5.58. The fraction of sp³-hybridized carbons (Fsp3) is 0.474. The van der Waals surface area contributed by atoms with Crippen LogP contribution in [-0.4, -0.2) is 37.0 Å². The van der Waals surface area contributed by atoms with Crippen LogP contribution in [0.4, 0.5) is 5.00 Å². The highest BCUT2D eigenvalue weighted by atomic mass is 32.1. The van der Waals surface area contributed by atoms with E-state index in [1.54, 1.807) is 32.9 Å². The summed E-state index contributed by atoms with van der Waals surface area (Å²) in [4.78, 5) is 48.8. The van der Waals surface area contributed by atoms with Crippen LogP contribution in [0.1, 0.15) is 52.3 Å². The third kappa shape index (κ3) is 4.59. The molecule has 1 aromatic heterocycles. The summed E-state index contributed by atoms with van der Waals surface area (Å²) in [6, 6.07) is 0. The van der Waals surface area contributed by atoms with Gasteiger partial charge in [-0.25, -0.2) is 9.59 Å². The first kappa shape index (κ1) is 21.6. The Balaban J connectivity index is 2.37. The number of esters is 2. The Hall–Kier alpha value is -2.68. The van der Waals surface area contributed by atoms with Crippen LogP contribution in [0.25, 0.3) is 0 Å². The number of anilines is 1. The molecule has 0 aromatic carbocycles. The van der Waals surface area contributed by atoms with Crippen molar-refractivity contribution in [3.05, 3.63) is 28.2 Å². The zero-order chi connectivity index (χ0) is 20.8. The largest absolute Gasteiger partial charge is 0.550 e. The molecule has 1 aliphatic carbocycles. The Morgan fingerprint density at radius 1 is 1.07 bits per heavy atom. The second kappa shape index (κ2) is 9.50. The average Bonchev–Trinajstić information content (AvgIpc) is 2.98. The number of carboxylic acid groups (broad SMARTS) is 1. The average molecular weight is 408 g/mol. The Kier molecular flexibility index (Phi) is 7.33. The van der Waals surface area contributed by atoms with Gasteiger partial charge in [0.1, 0.15) is 9.88 Å². The molecule has 2 atom stereocenters. The standard InChI is InChI=1S/C19H23NO7S/c1-4-26-18(24)13-10(3)14(19(25)27-5-2)28-16(13)20-15(21)11-8-6-7-9-12(11)17(22)23/h6-7,11-12H,4-5,8-9H2,1-3H3,(H,20,21)(H,22,23)/p-1/t11-,12+/m0/s1. The highest BCUT2D eigenvalue weighted by Crippen LogP contribution is 2.36. The van der Waals surface area contributed by atoms with Crippen LogP contribution in [0.5, 0.6) is 0 Å². The molecule has 2 rings (SSSR count). The van der Waals surface area contributed by atoms with Crippen LogP contribution in [0.2, 0.25) is 0 Å². The molecule has 1 aliphatic rings. The normalized spacial score (nSPS) is 18.4. The molecule has 0 unspecified atom stereocenters. The highest BCUT2D eigenvalue weighted by Gasteiger charge is 2.33. The first-order valence-electron chi connectivity index (χ1n) is 8.96. The topological polar surface area (TPSA) is 122 Å². The van der Waals surface area contributed by atoms with Gasteiger partial charge in [-0.15, -0.1) is 11.3 Å². The summed E-state index contributed by atoms with van der Waals surface area (Å²) >= 11 is 0.902. The smallest absolute Gasteiger partial charge is 0.348 e. The number of allylic oxidation sites excluding steroid dienone is 2. The van der Waals surface area contributed by atoms with Crippen molar-refractivity contribution >= 4 is 40.2 Å². The van der Waals surface area contributed by atoms with E-state index in [0.29, 0.717) is 5.56 Å². The van der Waals surface area contributed by atoms with Crippen LogP contribution in [0, 0.1) is 18.8 Å². The van der Waals surface area contributed by atoms with Crippen molar-refractivity contribution in [1.29, 1.82) is 0 Å². The summed E-state index contributed by atoms with van der Waals surface area (Å²) < 4.78 is 10.0. The summed E-state index contributed by atoms with van der Waals surface area (Å²) in [5.41, 5.74) is 0.414. The minimum Gasteiger partial charge on any atom is -0.550 e. The quantitative estimate of drug-likeness (QED) is 0.538. The number of aliphatic carboxylic acids is 1. The third-order valence-electron chi connectivity index (χ3n) is 4.40. The lowest BCUT2D eigenvalue weighted by molar-refractivity contribution is -0.313. The van der Waals surface area contributed by atoms with Gasteiger partial charge in [0.2, 0.25) is 5.91 Å². The summed E-state index contributed by atoms with van der Waals surface area (Å²) in [7, 11) is 0. The Morgan fingerprint density at radius 3 is 2.21 bits per heavy atom. The number of ether oxygens (including phenoxy) is 2. The van der Waals surface area contributed by atoms with Gasteiger partial charge in [-0.1, -0.05) is 12.2 Å². The predicted molar refractivity (Wildman–Crippen MR) is 100.0 cm³/mol. The van der Waals surface area contributed by atoms with E-state index in [1.807, 2.05) is 0 Å². The molecular formula is C19H22NO7S-. The molecule has 0 saturated carbocycles. The van der Waals surface area contributed by atoms with Crippen molar-refractivity contribution in [3.63, 3.8) is 0 Å². The molecule has 28 heavy (non-hydrogen) atoms.